The van der Waals surface area contributed by atoms with Crippen molar-refractivity contribution in [3.8, 4) is 0 Å². The first-order chi connectivity index (χ1) is 11.4. The Morgan fingerprint density at radius 1 is 1.21 bits per heavy atom. The number of aromatic nitrogens is 2. The molecule has 0 N–H and O–H groups in total. The fourth-order valence-electron chi connectivity index (χ4n) is 2.59. The van der Waals surface area contributed by atoms with Gasteiger partial charge in [-0.1, -0.05) is 0 Å². The standard InChI is InChI=1S/C15H13F3N4O2/c1-9-13(23)21(8-12-19-6-7-20(12)14(17)18)15(24)22(9)11-4-2-10(16)3-5-11/h2-7,9,14H,8H2,1H3. The predicted octanol–water partition coefficient (Wildman–Crippen LogP) is 2.77. The predicted molar refractivity (Wildman–Crippen MR) is 77.8 cm³/mol. The number of nitrogens with zero attached hydrogens (tertiary/aromatic N) is 4. The Labute approximate surface area is 135 Å². The zero-order valence-corrected chi connectivity index (χ0v) is 12.6. The van der Waals surface area contributed by atoms with E-state index in [-0.39, 0.29) is 12.4 Å². The average molecular weight is 338 g/mol. The van der Waals surface area contributed by atoms with Crippen LogP contribution in [-0.2, 0) is 11.3 Å². The summed E-state index contributed by atoms with van der Waals surface area (Å²) in [6.07, 6.45) is 2.25. The molecule has 24 heavy (non-hydrogen) atoms. The van der Waals surface area contributed by atoms with Crippen molar-refractivity contribution in [2.75, 3.05) is 4.90 Å². The summed E-state index contributed by atoms with van der Waals surface area (Å²) in [5, 5.41) is 0. The molecule has 1 aliphatic heterocycles. The van der Waals surface area contributed by atoms with Gasteiger partial charge >= 0.3 is 12.6 Å². The van der Waals surface area contributed by atoms with Crippen molar-refractivity contribution in [1.82, 2.24) is 14.5 Å². The van der Waals surface area contributed by atoms with Gasteiger partial charge in [-0.15, -0.1) is 0 Å². The van der Waals surface area contributed by atoms with Crippen LogP contribution in [0, 0.1) is 5.82 Å². The van der Waals surface area contributed by atoms with Crippen LogP contribution < -0.4 is 4.90 Å². The van der Waals surface area contributed by atoms with Crippen LogP contribution in [0.15, 0.2) is 36.7 Å². The van der Waals surface area contributed by atoms with Crippen molar-refractivity contribution in [1.29, 1.82) is 0 Å². The highest BCUT2D eigenvalue weighted by molar-refractivity contribution is 6.13. The molecule has 1 atom stereocenters. The maximum Gasteiger partial charge on any atom is 0.332 e. The lowest BCUT2D eigenvalue weighted by Crippen LogP contribution is -2.34. The van der Waals surface area contributed by atoms with E-state index in [4.69, 9.17) is 0 Å². The minimum absolute atomic E-state index is 0.0974. The Bertz CT molecular complexity index is 775. The van der Waals surface area contributed by atoms with E-state index in [1.54, 1.807) is 0 Å². The molecular weight excluding hydrogens is 325 g/mol. The molecule has 3 amide bonds. The summed E-state index contributed by atoms with van der Waals surface area (Å²) in [6, 6.07) is 3.61. The van der Waals surface area contributed by atoms with Crippen LogP contribution >= 0.6 is 0 Å². The van der Waals surface area contributed by atoms with E-state index < -0.39 is 30.3 Å². The second-order valence-corrected chi connectivity index (χ2v) is 5.26. The van der Waals surface area contributed by atoms with Crippen LogP contribution in [0.2, 0.25) is 0 Å². The summed E-state index contributed by atoms with van der Waals surface area (Å²) in [7, 11) is 0. The maximum atomic E-state index is 13.0. The highest BCUT2D eigenvalue weighted by atomic mass is 19.3. The molecule has 0 bridgehead atoms. The highest BCUT2D eigenvalue weighted by Gasteiger charge is 2.43. The van der Waals surface area contributed by atoms with Crippen molar-refractivity contribution < 1.29 is 22.8 Å². The summed E-state index contributed by atoms with van der Waals surface area (Å²) >= 11 is 0. The number of benzene rings is 1. The van der Waals surface area contributed by atoms with Gasteiger partial charge in [-0.3, -0.25) is 19.2 Å². The minimum atomic E-state index is -2.82. The molecule has 2 heterocycles. The van der Waals surface area contributed by atoms with E-state index in [1.165, 1.54) is 42.3 Å². The fourth-order valence-corrected chi connectivity index (χ4v) is 2.59. The molecule has 6 nitrogen and oxygen atoms in total. The Morgan fingerprint density at radius 2 is 1.88 bits per heavy atom. The van der Waals surface area contributed by atoms with Crippen LogP contribution in [0.3, 0.4) is 0 Å². The van der Waals surface area contributed by atoms with Gasteiger partial charge in [0.05, 0.1) is 6.54 Å². The number of amides is 3. The smallest absolute Gasteiger partial charge is 0.282 e. The molecule has 0 aliphatic carbocycles. The SMILES string of the molecule is CC1C(=O)N(Cc2nccn2C(F)F)C(=O)N1c1ccc(F)cc1. The maximum absolute atomic E-state index is 13.0. The third kappa shape index (κ3) is 2.61. The van der Waals surface area contributed by atoms with E-state index in [0.29, 0.717) is 10.3 Å². The average Bonchev–Trinajstić information content (AvgIpc) is 3.09. The number of hydrogen-bond acceptors (Lipinski definition) is 3. The van der Waals surface area contributed by atoms with Gasteiger partial charge in [0.25, 0.3) is 5.91 Å². The number of imide groups is 1. The van der Waals surface area contributed by atoms with E-state index in [0.717, 1.165) is 11.1 Å². The van der Waals surface area contributed by atoms with E-state index in [2.05, 4.69) is 4.98 Å². The van der Waals surface area contributed by atoms with Crippen LogP contribution in [0.4, 0.5) is 23.7 Å². The number of alkyl halides is 2. The molecule has 0 saturated carbocycles. The summed E-state index contributed by atoms with van der Waals surface area (Å²) in [6.45, 7) is -1.67. The Balaban J connectivity index is 1.88. The van der Waals surface area contributed by atoms with Crippen molar-refractivity contribution >= 4 is 17.6 Å². The summed E-state index contributed by atoms with van der Waals surface area (Å²) in [4.78, 5) is 30.7. The van der Waals surface area contributed by atoms with Gasteiger partial charge in [0.2, 0.25) is 0 Å². The van der Waals surface area contributed by atoms with Crippen molar-refractivity contribution in [2.45, 2.75) is 26.1 Å². The van der Waals surface area contributed by atoms with Crippen LogP contribution in [0.25, 0.3) is 0 Å². The number of hydrogen-bond donors (Lipinski definition) is 0. The van der Waals surface area contributed by atoms with Gasteiger partial charge in [0, 0.05) is 18.1 Å². The number of imidazole rings is 1. The van der Waals surface area contributed by atoms with E-state index in [9.17, 15) is 22.8 Å². The third-order valence-corrected chi connectivity index (χ3v) is 3.81. The molecule has 2 aromatic rings. The summed E-state index contributed by atoms with van der Waals surface area (Å²) in [5.41, 5.74) is 0.349. The molecule has 0 spiro atoms. The summed E-state index contributed by atoms with van der Waals surface area (Å²) < 4.78 is 39.4. The third-order valence-electron chi connectivity index (χ3n) is 3.81. The molecular formula is C15H13F3N4O2. The molecule has 1 aliphatic rings. The minimum Gasteiger partial charge on any atom is -0.282 e. The molecule has 126 valence electrons. The zero-order valence-electron chi connectivity index (χ0n) is 12.6. The first kappa shape index (κ1) is 16.0. The zero-order chi connectivity index (χ0) is 17.4. The number of anilines is 1. The normalized spacial score (nSPS) is 18.1. The second-order valence-electron chi connectivity index (χ2n) is 5.26. The van der Waals surface area contributed by atoms with E-state index in [1.807, 2.05) is 0 Å². The van der Waals surface area contributed by atoms with Gasteiger partial charge in [-0.2, -0.15) is 8.78 Å². The molecule has 1 aromatic carbocycles. The molecule has 0 radical (unpaired) electrons. The monoisotopic (exact) mass is 338 g/mol. The van der Waals surface area contributed by atoms with E-state index >= 15 is 0 Å². The Hall–Kier alpha value is -2.84. The first-order valence-electron chi connectivity index (χ1n) is 7.10. The number of rotatable bonds is 4. The number of urea groups is 1. The Kier molecular flexibility index (Phi) is 4.00. The number of carbonyl (C=O) groups excluding carboxylic acids is 2. The quantitative estimate of drug-likeness (QED) is 0.806. The first-order valence-corrected chi connectivity index (χ1v) is 7.10. The number of carbonyl (C=O) groups is 2. The lowest BCUT2D eigenvalue weighted by molar-refractivity contribution is -0.127. The van der Waals surface area contributed by atoms with Crippen LogP contribution in [0.5, 0.6) is 0 Å². The molecule has 1 saturated heterocycles. The van der Waals surface area contributed by atoms with Crippen LogP contribution in [0.1, 0.15) is 19.3 Å². The number of halogens is 3. The highest BCUT2D eigenvalue weighted by Crippen LogP contribution is 2.27. The Morgan fingerprint density at radius 3 is 2.50 bits per heavy atom. The molecule has 3 rings (SSSR count). The van der Waals surface area contributed by atoms with Gasteiger partial charge in [0.15, 0.2) is 0 Å². The van der Waals surface area contributed by atoms with Crippen molar-refractivity contribution in [3.63, 3.8) is 0 Å². The van der Waals surface area contributed by atoms with Gasteiger partial charge in [-0.05, 0) is 31.2 Å². The summed E-state index contributed by atoms with van der Waals surface area (Å²) in [5.74, 6) is -1.10. The largest absolute Gasteiger partial charge is 0.332 e. The molecule has 9 heteroatoms. The lowest BCUT2D eigenvalue weighted by atomic mass is 10.2. The van der Waals surface area contributed by atoms with Gasteiger partial charge < -0.3 is 0 Å². The molecule has 1 unspecified atom stereocenters. The molecule has 1 aromatic heterocycles. The van der Waals surface area contributed by atoms with Gasteiger partial charge in [-0.25, -0.2) is 14.2 Å². The second kappa shape index (κ2) is 5.99. The lowest BCUT2D eigenvalue weighted by Gasteiger charge is -2.19. The fraction of sp³-hybridized carbons (Fsp3) is 0.267. The van der Waals surface area contributed by atoms with Crippen molar-refractivity contribution in [3.05, 3.63) is 48.3 Å². The van der Waals surface area contributed by atoms with Crippen LogP contribution in [-0.4, -0.2) is 32.4 Å². The molecule has 1 fully saturated rings. The van der Waals surface area contributed by atoms with Gasteiger partial charge in [0.1, 0.15) is 17.7 Å². The van der Waals surface area contributed by atoms with Crippen molar-refractivity contribution in [2.24, 2.45) is 0 Å². The topological polar surface area (TPSA) is 58.4 Å².